The second-order valence-electron chi connectivity index (χ2n) is 6.31. The third-order valence-electron chi connectivity index (χ3n) is 4.05. The average Bonchev–Trinajstić information content (AvgIpc) is 2.70. The molecule has 0 aliphatic rings. The Bertz CT molecular complexity index is 797. The van der Waals surface area contributed by atoms with Crippen molar-refractivity contribution in [3.05, 3.63) is 71.3 Å². The van der Waals surface area contributed by atoms with Crippen LogP contribution in [0.3, 0.4) is 0 Å². The maximum Gasteiger partial charge on any atom is 0.330 e. The summed E-state index contributed by atoms with van der Waals surface area (Å²) in [5, 5.41) is 2.76. The van der Waals surface area contributed by atoms with Crippen molar-refractivity contribution >= 4 is 18.0 Å². The molecule has 0 aliphatic carbocycles. The van der Waals surface area contributed by atoms with Crippen molar-refractivity contribution in [3.63, 3.8) is 0 Å². The molecule has 0 aromatic heterocycles. The van der Waals surface area contributed by atoms with Crippen LogP contribution in [-0.4, -0.2) is 31.6 Å². The van der Waals surface area contributed by atoms with Crippen molar-refractivity contribution in [1.82, 2.24) is 5.32 Å². The van der Waals surface area contributed by atoms with E-state index >= 15 is 0 Å². The van der Waals surface area contributed by atoms with Gasteiger partial charge in [-0.25, -0.2) is 4.79 Å². The molecule has 0 saturated carbocycles. The molecule has 2 rings (SSSR count). The van der Waals surface area contributed by atoms with Crippen molar-refractivity contribution in [3.8, 4) is 5.75 Å². The topological polar surface area (TPSA) is 64.6 Å². The molecule has 0 aliphatic heterocycles. The summed E-state index contributed by atoms with van der Waals surface area (Å²) in [5.41, 5.74) is 3.14. The maximum atomic E-state index is 11.9. The van der Waals surface area contributed by atoms with Crippen LogP contribution < -0.4 is 10.1 Å². The molecule has 1 N–H and O–H groups in total. The third kappa shape index (κ3) is 7.66. The van der Waals surface area contributed by atoms with Gasteiger partial charge in [-0.3, -0.25) is 4.79 Å². The summed E-state index contributed by atoms with van der Waals surface area (Å²) < 4.78 is 10.6. The molecule has 0 radical (unpaired) electrons. The number of benzene rings is 2. The van der Waals surface area contributed by atoms with Crippen molar-refractivity contribution in [2.75, 3.05) is 19.8 Å². The van der Waals surface area contributed by atoms with Crippen molar-refractivity contribution in [2.45, 2.75) is 26.7 Å². The van der Waals surface area contributed by atoms with Crippen LogP contribution in [0.5, 0.6) is 5.75 Å². The number of hydrogen-bond donors (Lipinski definition) is 1. The fourth-order valence-corrected chi connectivity index (χ4v) is 2.55. The maximum absolute atomic E-state index is 11.9. The minimum absolute atomic E-state index is 0.0576. The first-order valence-corrected chi connectivity index (χ1v) is 9.47. The Labute approximate surface area is 166 Å². The van der Waals surface area contributed by atoms with E-state index in [-0.39, 0.29) is 12.5 Å². The van der Waals surface area contributed by atoms with E-state index in [9.17, 15) is 9.59 Å². The Morgan fingerprint density at radius 1 is 1.07 bits per heavy atom. The first-order chi connectivity index (χ1) is 13.6. The highest BCUT2D eigenvalue weighted by atomic mass is 16.5. The van der Waals surface area contributed by atoms with E-state index in [4.69, 9.17) is 9.47 Å². The summed E-state index contributed by atoms with van der Waals surface area (Å²) in [6.07, 6.45) is 4.11. The number of hydrogen-bond acceptors (Lipinski definition) is 4. The van der Waals surface area contributed by atoms with Gasteiger partial charge in [0.15, 0.2) is 0 Å². The normalized spacial score (nSPS) is 10.6. The molecule has 5 heteroatoms. The standard InChI is InChI=1S/C23H27NO4/c1-3-27-21-7-5-4-6-20(21)13-15-23(26)28-17-16-24-22(25)14-12-19-10-8-18(2)9-11-19/h4-11,13,15H,3,12,14,16-17H2,1-2H3,(H,24,25)/b15-13+. The summed E-state index contributed by atoms with van der Waals surface area (Å²) in [6, 6.07) is 15.6. The number of amides is 1. The van der Waals surface area contributed by atoms with E-state index in [1.165, 1.54) is 11.6 Å². The highest BCUT2D eigenvalue weighted by Gasteiger charge is 2.04. The number of rotatable bonds is 10. The van der Waals surface area contributed by atoms with Crippen molar-refractivity contribution in [1.29, 1.82) is 0 Å². The highest BCUT2D eigenvalue weighted by Crippen LogP contribution is 2.19. The van der Waals surface area contributed by atoms with Gasteiger partial charge in [-0.2, -0.15) is 0 Å². The van der Waals surface area contributed by atoms with Crippen molar-refractivity contribution < 1.29 is 19.1 Å². The molecule has 148 valence electrons. The highest BCUT2D eigenvalue weighted by molar-refractivity contribution is 5.87. The molecule has 2 aromatic carbocycles. The largest absolute Gasteiger partial charge is 0.493 e. The first-order valence-electron chi connectivity index (χ1n) is 9.47. The van der Waals surface area contributed by atoms with Crippen molar-refractivity contribution in [2.24, 2.45) is 0 Å². The lowest BCUT2D eigenvalue weighted by Gasteiger charge is -2.07. The summed E-state index contributed by atoms with van der Waals surface area (Å²) in [4.78, 5) is 23.7. The minimum Gasteiger partial charge on any atom is -0.493 e. The van der Waals surface area contributed by atoms with Crippen LogP contribution in [0, 0.1) is 6.92 Å². The zero-order valence-corrected chi connectivity index (χ0v) is 16.4. The molecule has 0 spiro atoms. The Morgan fingerprint density at radius 3 is 2.57 bits per heavy atom. The number of aryl methyl sites for hydroxylation is 2. The van der Waals surface area contributed by atoms with Gasteiger partial charge in [-0.05, 0) is 38.0 Å². The average molecular weight is 381 g/mol. The van der Waals surface area contributed by atoms with E-state index in [1.54, 1.807) is 6.08 Å². The van der Waals surface area contributed by atoms with Gasteiger partial charge in [0.05, 0.1) is 13.2 Å². The van der Waals surface area contributed by atoms with Gasteiger partial charge in [0.25, 0.3) is 0 Å². The lowest BCUT2D eigenvalue weighted by Crippen LogP contribution is -2.28. The van der Waals surface area contributed by atoms with Gasteiger partial charge in [-0.15, -0.1) is 0 Å². The summed E-state index contributed by atoms with van der Waals surface area (Å²) >= 11 is 0. The first kappa shape index (κ1) is 21.2. The molecule has 0 heterocycles. The SMILES string of the molecule is CCOc1ccccc1/C=C/C(=O)OCCNC(=O)CCc1ccc(C)cc1. The number of carbonyl (C=O) groups excluding carboxylic acids is 2. The number of carbonyl (C=O) groups is 2. The molecule has 1 amide bonds. The monoisotopic (exact) mass is 381 g/mol. The number of esters is 1. The molecular weight excluding hydrogens is 354 g/mol. The van der Waals surface area contributed by atoms with Gasteiger partial charge < -0.3 is 14.8 Å². The lowest BCUT2D eigenvalue weighted by atomic mass is 10.1. The molecule has 0 unspecified atom stereocenters. The van der Waals surface area contributed by atoms with E-state index < -0.39 is 5.97 Å². The van der Waals surface area contributed by atoms with Crippen LogP contribution in [-0.2, 0) is 20.7 Å². The van der Waals surface area contributed by atoms with Gasteiger partial charge in [0.2, 0.25) is 5.91 Å². The minimum atomic E-state index is -0.458. The zero-order valence-electron chi connectivity index (χ0n) is 16.4. The van der Waals surface area contributed by atoms with Crippen LogP contribution in [0.1, 0.15) is 30.0 Å². The predicted octanol–water partition coefficient (Wildman–Crippen LogP) is 3.70. The fraction of sp³-hybridized carbons (Fsp3) is 0.304. The Kier molecular flexibility index (Phi) is 8.79. The molecule has 0 fully saturated rings. The summed E-state index contributed by atoms with van der Waals surface area (Å²) in [6.45, 7) is 4.92. The fourth-order valence-electron chi connectivity index (χ4n) is 2.55. The van der Waals surface area contributed by atoms with E-state index in [0.29, 0.717) is 26.0 Å². The Morgan fingerprint density at radius 2 is 1.82 bits per heavy atom. The summed E-state index contributed by atoms with van der Waals surface area (Å²) in [5.74, 6) is 0.202. The smallest absolute Gasteiger partial charge is 0.330 e. The molecule has 2 aromatic rings. The Hall–Kier alpha value is -3.08. The molecule has 28 heavy (non-hydrogen) atoms. The molecule has 0 atom stereocenters. The molecular formula is C23H27NO4. The van der Waals surface area contributed by atoms with Crippen LogP contribution in [0.25, 0.3) is 6.08 Å². The van der Waals surface area contributed by atoms with Gasteiger partial charge in [-0.1, -0.05) is 48.0 Å². The van der Waals surface area contributed by atoms with Crippen LogP contribution in [0.15, 0.2) is 54.6 Å². The van der Waals surface area contributed by atoms with E-state index in [1.807, 2.05) is 62.4 Å². The number of nitrogens with one attached hydrogen (secondary N) is 1. The van der Waals surface area contributed by atoms with E-state index in [0.717, 1.165) is 16.9 Å². The predicted molar refractivity (Wildman–Crippen MR) is 110 cm³/mol. The van der Waals surface area contributed by atoms with Gasteiger partial charge in [0.1, 0.15) is 12.4 Å². The Balaban J connectivity index is 1.65. The molecule has 0 bridgehead atoms. The van der Waals surface area contributed by atoms with Gasteiger partial charge >= 0.3 is 5.97 Å². The second kappa shape index (κ2) is 11.6. The summed E-state index contributed by atoms with van der Waals surface area (Å²) in [7, 11) is 0. The quantitative estimate of drug-likeness (QED) is 0.387. The van der Waals surface area contributed by atoms with Crippen LogP contribution in [0.2, 0.25) is 0 Å². The molecule has 5 nitrogen and oxygen atoms in total. The number of para-hydroxylation sites is 1. The zero-order chi connectivity index (χ0) is 20.2. The second-order valence-corrected chi connectivity index (χ2v) is 6.31. The van der Waals surface area contributed by atoms with Crippen LogP contribution >= 0.6 is 0 Å². The van der Waals surface area contributed by atoms with Gasteiger partial charge in [0, 0.05) is 18.1 Å². The third-order valence-corrected chi connectivity index (χ3v) is 4.05. The number of ether oxygens (including phenoxy) is 2. The van der Waals surface area contributed by atoms with Crippen LogP contribution in [0.4, 0.5) is 0 Å². The molecule has 0 saturated heterocycles. The lowest BCUT2D eigenvalue weighted by molar-refractivity contribution is -0.138. The van der Waals surface area contributed by atoms with E-state index in [2.05, 4.69) is 5.32 Å².